The molecule has 0 saturated carbocycles. The number of rotatable bonds is 11. The van der Waals surface area contributed by atoms with Crippen molar-refractivity contribution in [3.05, 3.63) is 12.2 Å². The molecule has 0 bridgehead atoms. The molecule has 0 aromatic carbocycles. The fraction of sp³-hybridized carbons (Fsp3) is 0.714. The molecule has 156 valence electrons. The average molecular weight is 421 g/mol. The molecule has 1 saturated heterocycles. The molecule has 0 radical (unpaired) electrons. The summed E-state index contributed by atoms with van der Waals surface area (Å²) in [7, 11) is -6.50. The lowest BCUT2D eigenvalue weighted by Crippen LogP contribution is -2.46. The molecule has 0 aromatic rings. The first-order valence-electron chi connectivity index (χ1n) is 7.65. The number of carbonyl (C=O) groups excluding carboxylic acids is 2. The first-order chi connectivity index (χ1) is 12.3. The van der Waals surface area contributed by atoms with Crippen molar-refractivity contribution in [3.63, 3.8) is 0 Å². The van der Waals surface area contributed by atoms with E-state index in [-0.39, 0.29) is 38.0 Å². The molecule has 1 aliphatic heterocycles. The van der Waals surface area contributed by atoms with Gasteiger partial charge in [-0.25, -0.2) is 13.2 Å². The van der Waals surface area contributed by atoms with Crippen LogP contribution in [0.5, 0.6) is 0 Å². The molecule has 27 heavy (non-hydrogen) atoms. The summed E-state index contributed by atoms with van der Waals surface area (Å²) in [4.78, 5) is 22.5. The molecule has 1 unspecified atom stereocenters. The standard InChI is InChI=1S/C14H18F4O8S/c1-9(12(20)26-11-5-4-10(19)25-11)8-24-7-3-2-6-13(15,16)14(17,18)27(21,22)23/h11H,1-8H2,(H,21,22,23)/p-1. The van der Waals surface area contributed by atoms with Crippen LogP contribution in [0.3, 0.4) is 0 Å². The highest BCUT2D eigenvalue weighted by Gasteiger charge is 2.60. The second-order valence-electron chi connectivity index (χ2n) is 5.65. The monoisotopic (exact) mass is 421 g/mol. The zero-order valence-corrected chi connectivity index (χ0v) is 14.7. The number of hydrogen-bond donors (Lipinski definition) is 0. The maximum absolute atomic E-state index is 13.2. The lowest BCUT2D eigenvalue weighted by atomic mass is 10.1. The van der Waals surface area contributed by atoms with Crippen molar-refractivity contribution < 1.29 is 54.3 Å². The fourth-order valence-electron chi connectivity index (χ4n) is 1.92. The molecule has 0 N–H and O–H groups in total. The second-order valence-corrected chi connectivity index (χ2v) is 7.07. The van der Waals surface area contributed by atoms with E-state index >= 15 is 0 Å². The Labute approximate surface area is 152 Å². The van der Waals surface area contributed by atoms with Crippen molar-refractivity contribution in [1.82, 2.24) is 0 Å². The molecule has 1 rings (SSSR count). The van der Waals surface area contributed by atoms with Crippen molar-refractivity contribution in [2.75, 3.05) is 13.2 Å². The van der Waals surface area contributed by atoms with Crippen LogP contribution in [0.2, 0.25) is 0 Å². The maximum Gasteiger partial charge on any atom is 0.396 e. The zero-order chi connectivity index (χ0) is 20.9. The Hall–Kier alpha value is -1.73. The summed E-state index contributed by atoms with van der Waals surface area (Å²) in [6.45, 7) is 2.80. The highest BCUT2D eigenvalue weighted by molar-refractivity contribution is 7.86. The first-order valence-corrected chi connectivity index (χ1v) is 9.06. The molecule has 0 spiro atoms. The van der Waals surface area contributed by atoms with Crippen LogP contribution in [0, 0.1) is 0 Å². The van der Waals surface area contributed by atoms with Crippen LogP contribution in [-0.2, 0) is 33.9 Å². The van der Waals surface area contributed by atoms with Crippen LogP contribution < -0.4 is 0 Å². The molecular weight excluding hydrogens is 404 g/mol. The van der Waals surface area contributed by atoms with Crippen molar-refractivity contribution >= 4 is 22.1 Å². The third kappa shape index (κ3) is 6.43. The summed E-state index contributed by atoms with van der Waals surface area (Å²) in [6.07, 6.45) is -2.97. The van der Waals surface area contributed by atoms with E-state index in [1.165, 1.54) is 0 Å². The molecule has 0 amide bonds. The number of unbranched alkanes of at least 4 members (excludes halogenated alkanes) is 1. The van der Waals surface area contributed by atoms with E-state index in [1.807, 2.05) is 0 Å². The first kappa shape index (κ1) is 23.3. The Kier molecular flexibility index (Phi) is 7.75. The molecule has 0 aromatic heterocycles. The van der Waals surface area contributed by atoms with E-state index in [9.17, 15) is 40.1 Å². The smallest absolute Gasteiger partial charge is 0.396 e. The van der Waals surface area contributed by atoms with Gasteiger partial charge in [0.25, 0.3) is 0 Å². The Morgan fingerprint density at radius 3 is 2.44 bits per heavy atom. The van der Waals surface area contributed by atoms with Gasteiger partial charge < -0.3 is 18.8 Å². The fourth-order valence-corrected chi connectivity index (χ4v) is 2.39. The quantitative estimate of drug-likeness (QED) is 0.163. The van der Waals surface area contributed by atoms with Crippen LogP contribution in [0.1, 0.15) is 32.1 Å². The number of halogens is 4. The predicted molar refractivity (Wildman–Crippen MR) is 78.6 cm³/mol. The molecule has 1 atom stereocenters. The van der Waals surface area contributed by atoms with E-state index in [2.05, 4.69) is 11.3 Å². The molecule has 1 heterocycles. The van der Waals surface area contributed by atoms with E-state index in [1.54, 1.807) is 0 Å². The van der Waals surface area contributed by atoms with Crippen molar-refractivity contribution in [1.29, 1.82) is 0 Å². The Morgan fingerprint density at radius 2 is 1.93 bits per heavy atom. The van der Waals surface area contributed by atoms with Gasteiger partial charge in [-0.1, -0.05) is 6.58 Å². The number of carbonyl (C=O) groups is 2. The highest BCUT2D eigenvalue weighted by atomic mass is 32.2. The number of hydrogen-bond acceptors (Lipinski definition) is 8. The van der Waals surface area contributed by atoms with Gasteiger partial charge in [-0.15, -0.1) is 0 Å². The minimum absolute atomic E-state index is 0.109. The molecule has 1 aliphatic rings. The van der Waals surface area contributed by atoms with Gasteiger partial charge >= 0.3 is 23.1 Å². The topological polar surface area (TPSA) is 119 Å². The zero-order valence-electron chi connectivity index (χ0n) is 13.9. The van der Waals surface area contributed by atoms with E-state index in [0.29, 0.717) is 0 Å². The van der Waals surface area contributed by atoms with Crippen LogP contribution >= 0.6 is 0 Å². The van der Waals surface area contributed by atoms with Gasteiger partial charge in [-0.2, -0.15) is 17.6 Å². The van der Waals surface area contributed by atoms with Crippen molar-refractivity contribution in [2.45, 2.75) is 49.6 Å². The Balaban J connectivity index is 2.25. The summed E-state index contributed by atoms with van der Waals surface area (Å²) >= 11 is 0. The molecular formula is C14H17F4O8S-. The minimum Gasteiger partial charge on any atom is -0.743 e. The number of cyclic esters (lactones) is 1. The number of esters is 2. The van der Waals surface area contributed by atoms with Crippen molar-refractivity contribution in [3.8, 4) is 0 Å². The Bertz CT molecular complexity index is 677. The summed E-state index contributed by atoms with van der Waals surface area (Å²) in [5, 5.41) is -5.71. The van der Waals surface area contributed by atoms with Crippen LogP contribution in [-0.4, -0.2) is 55.6 Å². The van der Waals surface area contributed by atoms with Crippen LogP contribution in [0.25, 0.3) is 0 Å². The van der Waals surface area contributed by atoms with E-state index in [0.717, 1.165) is 0 Å². The molecule has 1 fully saturated rings. The van der Waals surface area contributed by atoms with Crippen molar-refractivity contribution in [2.24, 2.45) is 0 Å². The van der Waals surface area contributed by atoms with E-state index < -0.39 is 52.4 Å². The lowest BCUT2D eigenvalue weighted by Gasteiger charge is -2.28. The third-order valence-electron chi connectivity index (χ3n) is 3.42. The van der Waals surface area contributed by atoms with Gasteiger partial charge in [-0.05, 0) is 12.8 Å². The summed E-state index contributed by atoms with van der Waals surface area (Å²) < 4.78 is 97.2. The summed E-state index contributed by atoms with van der Waals surface area (Å²) in [6, 6.07) is 0. The highest BCUT2D eigenvalue weighted by Crippen LogP contribution is 2.41. The van der Waals surface area contributed by atoms with Gasteiger partial charge in [0, 0.05) is 19.4 Å². The SMILES string of the molecule is C=C(COCCCCC(F)(F)C(F)(F)S(=O)(=O)[O-])C(=O)OC1CCC(=O)O1. The van der Waals surface area contributed by atoms with Gasteiger partial charge in [0.2, 0.25) is 6.29 Å². The third-order valence-corrected chi connectivity index (χ3v) is 4.35. The molecule has 8 nitrogen and oxygen atoms in total. The van der Waals surface area contributed by atoms with Gasteiger partial charge in [0.1, 0.15) is 0 Å². The van der Waals surface area contributed by atoms with Gasteiger partial charge in [-0.3, -0.25) is 4.79 Å². The summed E-state index contributed by atoms with van der Waals surface area (Å²) in [5.74, 6) is -6.41. The van der Waals surface area contributed by atoms with E-state index in [4.69, 9.17) is 9.47 Å². The number of ether oxygens (including phenoxy) is 3. The van der Waals surface area contributed by atoms with Gasteiger partial charge in [0.05, 0.1) is 18.6 Å². The summed E-state index contributed by atoms with van der Waals surface area (Å²) in [5.41, 5.74) is -0.146. The number of alkyl halides is 4. The van der Waals surface area contributed by atoms with Gasteiger partial charge in [0.15, 0.2) is 10.1 Å². The lowest BCUT2D eigenvalue weighted by molar-refractivity contribution is -0.173. The average Bonchev–Trinajstić information content (AvgIpc) is 2.94. The van der Waals surface area contributed by atoms with Crippen LogP contribution in [0.4, 0.5) is 17.6 Å². The predicted octanol–water partition coefficient (Wildman–Crippen LogP) is 1.71. The maximum atomic E-state index is 13.2. The molecule has 0 aliphatic carbocycles. The Morgan fingerprint density at radius 1 is 1.30 bits per heavy atom. The van der Waals surface area contributed by atoms with Crippen LogP contribution in [0.15, 0.2) is 12.2 Å². The minimum atomic E-state index is -6.50. The normalized spacial score (nSPS) is 18.3. The largest absolute Gasteiger partial charge is 0.743 e. The second kappa shape index (κ2) is 8.97. The molecule has 13 heteroatoms.